The molecule has 3 atom stereocenters. The van der Waals surface area contributed by atoms with E-state index in [1.54, 1.807) is 20.3 Å². The van der Waals surface area contributed by atoms with Crippen LogP contribution in [0.25, 0.3) is 0 Å². The summed E-state index contributed by atoms with van der Waals surface area (Å²) in [5, 5.41) is 3.60. The fraction of sp³-hybridized carbons (Fsp3) is 0.300. The van der Waals surface area contributed by atoms with Crippen molar-refractivity contribution in [3.63, 3.8) is 0 Å². The summed E-state index contributed by atoms with van der Waals surface area (Å²) in [6.07, 6.45) is 5.35. The van der Waals surface area contributed by atoms with Crippen LogP contribution in [0.5, 0.6) is 11.5 Å². The quantitative estimate of drug-likeness (QED) is 0.832. The predicted molar refractivity (Wildman–Crippen MR) is 92.3 cm³/mol. The molecular weight excluding hydrogens is 305 g/mol. The van der Waals surface area contributed by atoms with Gasteiger partial charge in [-0.1, -0.05) is 24.3 Å². The molecule has 124 valence electrons. The lowest BCUT2D eigenvalue weighted by Crippen LogP contribution is -2.29. The van der Waals surface area contributed by atoms with Gasteiger partial charge in [-0.2, -0.15) is 0 Å². The molecule has 2 aromatic rings. The van der Waals surface area contributed by atoms with E-state index in [0.717, 1.165) is 34.7 Å². The minimum atomic E-state index is -0.188. The van der Waals surface area contributed by atoms with Crippen molar-refractivity contribution in [1.82, 2.24) is 0 Å². The smallest absolute Gasteiger partial charge is 0.165 e. The Morgan fingerprint density at radius 3 is 2.75 bits per heavy atom. The van der Waals surface area contributed by atoms with Crippen LogP contribution in [0.3, 0.4) is 0 Å². The zero-order chi connectivity index (χ0) is 16.7. The molecule has 1 N–H and O–H groups in total. The molecular formula is C20H20FNO2. The molecule has 0 unspecified atom stereocenters. The van der Waals surface area contributed by atoms with Crippen molar-refractivity contribution in [3.05, 3.63) is 65.5 Å². The number of para-hydroxylation sites is 1. The monoisotopic (exact) mass is 325 g/mol. The van der Waals surface area contributed by atoms with E-state index in [9.17, 15) is 4.39 Å². The Labute approximate surface area is 141 Å². The van der Waals surface area contributed by atoms with E-state index in [0.29, 0.717) is 5.92 Å². The largest absolute Gasteiger partial charge is 0.493 e. The maximum atomic E-state index is 13.7. The van der Waals surface area contributed by atoms with E-state index in [1.165, 1.54) is 6.07 Å². The molecule has 0 fully saturated rings. The zero-order valence-corrected chi connectivity index (χ0v) is 13.8. The van der Waals surface area contributed by atoms with Gasteiger partial charge in [0.1, 0.15) is 5.82 Å². The molecule has 1 heterocycles. The average molecular weight is 325 g/mol. The number of halogens is 1. The van der Waals surface area contributed by atoms with E-state index in [2.05, 4.69) is 23.5 Å². The van der Waals surface area contributed by atoms with Crippen LogP contribution in [0.1, 0.15) is 29.5 Å². The normalized spacial score (nSPS) is 24.0. The Bertz CT molecular complexity index is 802. The van der Waals surface area contributed by atoms with Gasteiger partial charge in [-0.15, -0.1) is 0 Å². The van der Waals surface area contributed by atoms with Crippen LogP contribution >= 0.6 is 0 Å². The van der Waals surface area contributed by atoms with Crippen molar-refractivity contribution in [2.75, 3.05) is 19.5 Å². The number of benzene rings is 2. The van der Waals surface area contributed by atoms with Crippen molar-refractivity contribution in [1.29, 1.82) is 0 Å². The summed E-state index contributed by atoms with van der Waals surface area (Å²) in [7, 11) is 3.31. The maximum Gasteiger partial charge on any atom is 0.165 e. The van der Waals surface area contributed by atoms with Crippen LogP contribution in [0.15, 0.2) is 48.6 Å². The third-order valence-corrected chi connectivity index (χ3v) is 5.09. The lowest BCUT2D eigenvalue weighted by atomic mass is 9.77. The van der Waals surface area contributed by atoms with Gasteiger partial charge in [0.15, 0.2) is 11.5 Å². The number of ether oxygens (including phenoxy) is 2. The van der Waals surface area contributed by atoms with Gasteiger partial charge in [0, 0.05) is 17.2 Å². The van der Waals surface area contributed by atoms with Gasteiger partial charge in [-0.05, 0) is 42.2 Å². The second-order valence-electron chi connectivity index (χ2n) is 6.29. The number of nitrogens with one attached hydrogen (secondary N) is 1. The lowest BCUT2D eigenvalue weighted by molar-refractivity contribution is 0.341. The molecule has 2 aromatic carbocycles. The lowest BCUT2D eigenvalue weighted by Gasteiger charge is -2.38. The highest BCUT2D eigenvalue weighted by Crippen LogP contribution is 2.52. The summed E-state index contributed by atoms with van der Waals surface area (Å²) in [4.78, 5) is 0. The van der Waals surface area contributed by atoms with Crippen molar-refractivity contribution in [3.8, 4) is 11.5 Å². The Kier molecular flexibility index (Phi) is 3.68. The molecule has 24 heavy (non-hydrogen) atoms. The van der Waals surface area contributed by atoms with Crippen molar-refractivity contribution < 1.29 is 13.9 Å². The number of hydrogen-bond donors (Lipinski definition) is 1. The SMILES string of the molecule is COc1cccc([C@@H]2Nc3ccc(F)cc3[C@@H]3C=CC[C@H]32)c1OC. The molecule has 1 aliphatic heterocycles. The first-order valence-electron chi connectivity index (χ1n) is 8.16. The summed E-state index contributed by atoms with van der Waals surface area (Å²) in [6.45, 7) is 0. The number of allylic oxidation sites excluding steroid dienone is 2. The van der Waals surface area contributed by atoms with Gasteiger partial charge in [-0.3, -0.25) is 0 Å². The molecule has 0 saturated heterocycles. The molecule has 0 amide bonds. The molecule has 4 heteroatoms. The molecule has 0 spiro atoms. The van der Waals surface area contributed by atoms with E-state index < -0.39 is 0 Å². The topological polar surface area (TPSA) is 30.5 Å². The van der Waals surface area contributed by atoms with Gasteiger partial charge in [0.05, 0.1) is 20.3 Å². The molecule has 0 aromatic heterocycles. The summed E-state index contributed by atoms with van der Waals surface area (Å²) in [5.74, 6) is 1.85. The van der Waals surface area contributed by atoms with Gasteiger partial charge in [0.2, 0.25) is 0 Å². The third-order valence-electron chi connectivity index (χ3n) is 5.09. The van der Waals surface area contributed by atoms with Gasteiger partial charge in [-0.25, -0.2) is 4.39 Å². The minimum Gasteiger partial charge on any atom is -0.493 e. The second kappa shape index (κ2) is 5.86. The van der Waals surface area contributed by atoms with Crippen LogP contribution < -0.4 is 14.8 Å². The van der Waals surface area contributed by atoms with Crippen LogP contribution in [0, 0.1) is 11.7 Å². The Hall–Kier alpha value is -2.49. The second-order valence-corrected chi connectivity index (χ2v) is 6.29. The number of fused-ring (bicyclic) bond motifs is 3. The predicted octanol–water partition coefficient (Wildman–Crippen LogP) is 4.67. The molecule has 4 rings (SSSR count). The highest BCUT2D eigenvalue weighted by Gasteiger charge is 2.39. The van der Waals surface area contributed by atoms with Crippen molar-refractivity contribution >= 4 is 5.69 Å². The molecule has 0 bridgehead atoms. The fourth-order valence-electron chi connectivity index (χ4n) is 4.03. The Balaban J connectivity index is 1.82. The van der Waals surface area contributed by atoms with Crippen LogP contribution in [-0.4, -0.2) is 14.2 Å². The van der Waals surface area contributed by atoms with Crippen LogP contribution in [0.4, 0.5) is 10.1 Å². The maximum absolute atomic E-state index is 13.7. The summed E-state index contributed by atoms with van der Waals surface area (Å²) in [5.41, 5.74) is 3.09. The summed E-state index contributed by atoms with van der Waals surface area (Å²) in [6, 6.07) is 11.0. The van der Waals surface area contributed by atoms with E-state index in [-0.39, 0.29) is 17.8 Å². The first kappa shape index (κ1) is 15.1. The van der Waals surface area contributed by atoms with Gasteiger partial charge < -0.3 is 14.8 Å². The highest BCUT2D eigenvalue weighted by molar-refractivity contribution is 5.61. The highest BCUT2D eigenvalue weighted by atomic mass is 19.1. The molecule has 0 saturated carbocycles. The Morgan fingerprint density at radius 1 is 1.08 bits per heavy atom. The molecule has 2 aliphatic rings. The van der Waals surface area contributed by atoms with Crippen LogP contribution in [0.2, 0.25) is 0 Å². The third kappa shape index (κ3) is 2.25. The minimum absolute atomic E-state index is 0.0908. The molecule has 3 nitrogen and oxygen atoms in total. The summed E-state index contributed by atoms with van der Waals surface area (Å²) >= 11 is 0. The summed E-state index contributed by atoms with van der Waals surface area (Å²) < 4.78 is 24.8. The number of rotatable bonds is 3. The van der Waals surface area contributed by atoms with E-state index >= 15 is 0 Å². The van der Waals surface area contributed by atoms with Crippen molar-refractivity contribution in [2.24, 2.45) is 5.92 Å². The van der Waals surface area contributed by atoms with Crippen molar-refractivity contribution in [2.45, 2.75) is 18.4 Å². The number of anilines is 1. The van der Waals surface area contributed by atoms with E-state index in [4.69, 9.17) is 9.47 Å². The zero-order valence-electron chi connectivity index (χ0n) is 13.8. The average Bonchev–Trinajstić information content (AvgIpc) is 3.10. The Morgan fingerprint density at radius 2 is 1.96 bits per heavy atom. The number of hydrogen-bond acceptors (Lipinski definition) is 3. The number of methoxy groups -OCH3 is 2. The van der Waals surface area contributed by atoms with E-state index in [1.807, 2.05) is 18.2 Å². The van der Waals surface area contributed by atoms with Gasteiger partial charge >= 0.3 is 0 Å². The molecule has 0 radical (unpaired) electrons. The standard InChI is InChI=1S/C20H20FNO2/c1-23-18-8-4-7-15(20(18)24-2)19-14-6-3-5-13(14)16-11-12(21)9-10-17(16)22-19/h3-5,7-11,13-14,19,22H,6H2,1-2H3/t13-,14-,19-/m1/s1. The fourth-order valence-corrected chi connectivity index (χ4v) is 4.03. The molecule has 1 aliphatic carbocycles. The van der Waals surface area contributed by atoms with Crippen LogP contribution in [-0.2, 0) is 0 Å². The first-order valence-corrected chi connectivity index (χ1v) is 8.16. The van der Waals surface area contributed by atoms with Gasteiger partial charge in [0.25, 0.3) is 0 Å². The first-order chi connectivity index (χ1) is 11.7.